The number of aliphatic hydroxyl groups excluding tert-OH is 1. The van der Waals surface area contributed by atoms with Gasteiger partial charge in [-0.05, 0) is 18.2 Å². The van der Waals surface area contributed by atoms with Crippen molar-refractivity contribution in [2.75, 3.05) is 7.11 Å². The molecule has 0 bridgehead atoms. The van der Waals surface area contributed by atoms with E-state index in [2.05, 4.69) is 9.97 Å². The van der Waals surface area contributed by atoms with Gasteiger partial charge in [0.05, 0.1) is 12.6 Å². The normalized spacial score (nSPS) is 12.3. The number of aliphatic hydroxyl groups is 1. The van der Waals surface area contributed by atoms with Crippen LogP contribution in [0.5, 0.6) is 5.75 Å². The van der Waals surface area contributed by atoms with Crippen LogP contribution in [0.1, 0.15) is 17.4 Å². The fourth-order valence-electron chi connectivity index (χ4n) is 2.28. The fourth-order valence-corrected chi connectivity index (χ4v) is 2.28. The molecule has 0 radical (unpaired) electrons. The smallest absolute Gasteiger partial charge is 0.143 e. The second-order valence-corrected chi connectivity index (χ2v) is 4.42. The quantitative estimate of drug-likeness (QED) is 0.792. The van der Waals surface area contributed by atoms with E-state index in [0.29, 0.717) is 11.4 Å². The summed E-state index contributed by atoms with van der Waals surface area (Å²) in [5.41, 5.74) is 1.99. The standard InChI is InChI=1S/C16H14N2O2/c1-20-13-8-4-10-18-15(13)16(19)12-7-2-5-11-6-3-9-17-14(11)12/h2-10,16,19H,1H3. The molecule has 20 heavy (non-hydrogen) atoms. The molecule has 2 aromatic heterocycles. The Kier molecular flexibility index (Phi) is 3.31. The molecule has 0 fully saturated rings. The van der Waals surface area contributed by atoms with Gasteiger partial charge in [0.2, 0.25) is 0 Å². The molecule has 1 N–H and O–H groups in total. The monoisotopic (exact) mass is 266 g/mol. The van der Waals surface area contributed by atoms with E-state index in [1.54, 1.807) is 31.6 Å². The molecule has 0 saturated heterocycles. The molecule has 0 aliphatic rings. The number of hydrogen-bond donors (Lipinski definition) is 1. The van der Waals surface area contributed by atoms with Gasteiger partial charge in [-0.2, -0.15) is 0 Å². The summed E-state index contributed by atoms with van der Waals surface area (Å²) in [7, 11) is 1.56. The van der Waals surface area contributed by atoms with Crippen molar-refractivity contribution in [3.05, 3.63) is 66.1 Å². The van der Waals surface area contributed by atoms with Crippen LogP contribution >= 0.6 is 0 Å². The zero-order valence-corrected chi connectivity index (χ0v) is 11.0. The summed E-state index contributed by atoms with van der Waals surface area (Å²) in [5.74, 6) is 0.563. The maximum atomic E-state index is 10.6. The average Bonchev–Trinajstić information content (AvgIpc) is 2.53. The minimum Gasteiger partial charge on any atom is -0.495 e. The fraction of sp³-hybridized carbons (Fsp3) is 0.125. The van der Waals surface area contributed by atoms with Crippen molar-refractivity contribution in [2.45, 2.75) is 6.10 Å². The molecule has 1 unspecified atom stereocenters. The van der Waals surface area contributed by atoms with Crippen LogP contribution in [0.25, 0.3) is 10.9 Å². The minimum atomic E-state index is -0.871. The van der Waals surface area contributed by atoms with Gasteiger partial charge in [0, 0.05) is 23.3 Å². The van der Waals surface area contributed by atoms with Crippen molar-refractivity contribution in [1.29, 1.82) is 0 Å². The molecule has 0 amide bonds. The minimum absolute atomic E-state index is 0.494. The van der Waals surface area contributed by atoms with Gasteiger partial charge >= 0.3 is 0 Å². The first kappa shape index (κ1) is 12.6. The molecule has 0 spiro atoms. The Bertz CT molecular complexity index is 738. The molecule has 3 rings (SSSR count). The van der Waals surface area contributed by atoms with E-state index in [0.717, 1.165) is 16.5 Å². The van der Waals surface area contributed by atoms with Crippen LogP contribution in [0.15, 0.2) is 54.9 Å². The Morgan fingerprint density at radius 3 is 2.60 bits per heavy atom. The number of aromatic nitrogens is 2. The molecule has 0 aliphatic heterocycles. The zero-order chi connectivity index (χ0) is 13.9. The lowest BCUT2D eigenvalue weighted by Gasteiger charge is -2.15. The van der Waals surface area contributed by atoms with Crippen LogP contribution in [0.2, 0.25) is 0 Å². The molecule has 4 nitrogen and oxygen atoms in total. The van der Waals surface area contributed by atoms with E-state index in [1.165, 1.54) is 0 Å². The van der Waals surface area contributed by atoms with E-state index in [-0.39, 0.29) is 0 Å². The largest absolute Gasteiger partial charge is 0.495 e. The lowest BCUT2D eigenvalue weighted by molar-refractivity contribution is 0.210. The highest BCUT2D eigenvalue weighted by atomic mass is 16.5. The van der Waals surface area contributed by atoms with E-state index in [1.807, 2.05) is 30.3 Å². The van der Waals surface area contributed by atoms with Crippen molar-refractivity contribution in [3.63, 3.8) is 0 Å². The third-order valence-electron chi connectivity index (χ3n) is 3.24. The first-order valence-electron chi connectivity index (χ1n) is 6.32. The van der Waals surface area contributed by atoms with Crippen LogP contribution in [0, 0.1) is 0 Å². The number of fused-ring (bicyclic) bond motifs is 1. The van der Waals surface area contributed by atoms with E-state index in [9.17, 15) is 5.11 Å². The Morgan fingerprint density at radius 1 is 1.00 bits per heavy atom. The summed E-state index contributed by atoms with van der Waals surface area (Å²) in [5, 5.41) is 11.6. The van der Waals surface area contributed by atoms with Crippen molar-refractivity contribution >= 4 is 10.9 Å². The third kappa shape index (κ3) is 2.10. The summed E-state index contributed by atoms with van der Waals surface area (Å²) in [6.45, 7) is 0. The van der Waals surface area contributed by atoms with Gasteiger partial charge in [-0.25, -0.2) is 0 Å². The highest BCUT2D eigenvalue weighted by Crippen LogP contribution is 2.31. The molecule has 4 heteroatoms. The van der Waals surface area contributed by atoms with E-state index >= 15 is 0 Å². The maximum absolute atomic E-state index is 10.6. The second-order valence-electron chi connectivity index (χ2n) is 4.42. The number of ether oxygens (including phenoxy) is 1. The number of rotatable bonds is 3. The highest BCUT2D eigenvalue weighted by Gasteiger charge is 2.19. The van der Waals surface area contributed by atoms with Crippen LogP contribution in [-0.2, 0) is 0 Å². The van der Waals surface area contributed by atoms with E-state index < -0.39 is 6.10 Å². The highest BCUT2D eigenvalue weighted by molar-refractivity contribution is 5.82. The number of methoxy groups -OCH3 is 1. The van der Waals surface area contributed by atoms with Gasteiger partial charge in [0.1, 0.15) is 17.5 Å². The van der Waals surface area contributed by atoms with Gasteiger partial charge in [0.15, 0.2) is 0 Å². The van der Waals surface area contributed by atoms with Crippen LogP contribution < -0.4 is 4.74 Å². The summed E-state index contributed by atoms with van der Waals surface area (Å²) in [6.07, 6.45) is 2.48. The third-order valence-corrected chi connectivity index (χ3v) is 3.24. The van der Waals surface area contributed by atoms with E-state index in [4.69, 9.17) is 4.74 Å². The predicted molar refractivity (Wildman–Crippen MR) is 76.6 cm³/mol. The molecule has 0 aliphatic carbocycles. The summed E-state index contributed by atoms with van der Waals surface area (Å²) >= 11 is 0. The number of benzene rings is 1. The lowest BCUT2D eigenvalue weighted by atomic mass is 10.0. The number of hydrogen-bond acceptors (Lipinski definition) is 4. The van der Waals surface area contributed by atoms with Crippen molar-refractivity contribution in [1.82, 2.24) is 9.97 Å². The number of pyridine rings is 2. The van der Waals surface area contributed by atoms with Crippen LogP contribution in [0.3, 0.4) is 0 Å². The first-order valence-corrected chi connectivity index (χ1v) is 6.32. The molecule has 100 valence electrons. The predicted octanol–water partition coefficient (Wildman–Crippen LogP) is 2.72. The second kappa shape index (κ2) is 5.27. The maximum Gasteiger partial charge on any atom is 0.143 e. The molecular formula is C16H14N2O2. The summed E-state index contributed by atoms with van der Waals surface area (Å²) in [4.78, 5) is 8.58. The SMILES string of the molecule is COc1cccnc1C(O)c1cccc2cccnc12. The molecule has 1 atom stereocenters. The molecule has 1 aromatic carbocycles. The Balaban J connectivity index is 2.15. The van der Waals surface area contributed by atoms with Gasteiger partial charge < -0.3 is 9.84 Å². The Morgan fingerprint density at radius 2 is 1.75 bits per heavy atom. The molecule has 3 aromatic rings. The van der Waals surface area contributed by atoms with Crippen molar-refractivity contribution < 1.29 is 9.84 Å². The average molecular weight is 266 g/mol. The molecular weight excluding hydrogens is 252 g/mol. The Labute approximate surface area is 116 Å². The Hall–Kier alpha value is -2.46. The van der Waals surface area contributed by atoms with Crippen LogP contribution in [-0.4, -0.2) is 22.2 Å². The summed E-state index contributed by atoms with van der Waals surface area (Å²) in [6, 6.07) is 13.1. The topological polar surface area (TPSA) is 55.2 Å². The number of para-hydroxylation sites is 1. The summed E-state index contributed by atoms with van der Waals surface area (Å²) < 4.78 is 5.26. The molecule has 2 heterocycles. The number of nitrogens with zero attached hydrogens (tertiary/aromatic N) is 2. The van der Waals surface area contributed by atoms with Crippen molar-refractivity contribution in [2.24, 2.45) is 0 Å². The van der Waals surface area contributed by atoms with Crippen molar-refractivity contribution in [3.8, 4) is 5.75 Å². The first-order chi connectivity index (χ1) is 9.81. The van der Waals surface area contributed by atoms with Gasteiger partial charge in [-0.15, -0.1) is 0 Å². The van der Waals surface area contributed by atoms with Crippen LogP contribution in [0.4, 0.5) is 0 Å². The molecule has 0 saturated carbocycles. The lowest BCUT2D eigenvalue weighted by Crippen LogP contribution is -2.06. The van der Waals surface area contributed by atoms with Gasteiger partial charge in [-0.3, -0.25) is 9.97 Å². The van der Waals surface area contributed by atoms with Gasteiger partial charge in [-0.1, -0.05) is 24.3 Å². The zero-order valence-electron chi connectivity index (χ0n) is 11.0. The van der Waals surface area contributed by atoms with Gasteiger partial charge in [0.25, 0.3) is 0 Å².